The van der Waals surface area contributed by atoms with Crippen LogP contribution < -0.4 is 10.2 Å². The molecule has 1 heterocycles. The fourth-order valence-corrected chi connectivity index (χ4v) is 2.01. The smallest absolute Gasteiger partial charge is 0.257 e. The number of rotatable bonds is 3. The molecule has 0 radical (unpaired) electrons. The van der Waals surface area contributed by atoms with Gasteiger partial charge in [0.25, 0.3) is 5.24 Å². The van der Waals surface area contributed by atoms with Gasteiger partial charge in [-0.05, 0) is 30.7 Å². The predicted molar refractivity (Wildman–Crippen MR) is 73.5 cm³/mol. The summed E-state index contributed by atoms with van der Waals surface area (Å²) in [6.45, 7) is 1.77. The van der Waals surface area contributed by atoms with E-state index in [4.69, 9.17) is 16.3 Å². The third-order valence-electron chi connectivity index (χ3n) is 2.80. The number of carbonyl (C=O) groups is 1. The maximum Gasteiger partial charge on any atom is 0.257 e. The first-order valence-corrected chi connectivity index (χ1v) is 5.99. The highest BCUT2D eigenvalue weighted by Crippen LogP contribution is 2.23. The summed E-state index contributed by atoms with van der Waals surface area (Å²) in [5.41, 5.74) is 0.986. The minimum absolute atomic E-state index is 0.0572. The van der Waals surface area contributed by atoms with E-state index >= 15 is 0 Å². The Kier molecular flexibility index (Phi) is 3.71. The van der Waals surface area contributed by atoms with Gasteiger partial charge in [-0.3, -0.25) is 9.59 Å². The molecule has 0 amide bonds. The highest BCUT2D eigenvalue weighted by atomic mass is 35.5. The molecule has 5 heteroatoms. The monoisotopic (exact) mass is 277 g/mol. The second kappa shape index (κ2) is 5.28. The van der Waals surface area contributed by atoms with Gasteiger partial charge in [0.2, 0.25) is 0 Å². The quantitative estimate of drug-likeness (QED) is 0.810. The molecular formula is C14H12ClNO3. The van der Waals surface area contributed by atoms with Gasteiger partial charge in [0.15, 0.2) is 5.43 Å². The van der Waals surface area contributed by atoms with Gasteiger partial charge in [-0.2, -0.15) is 0 Å². The summed E-state index contributed by atoms with van der Waals surface area (Å²) in [5, 5.41) is -0.770. The van der Waals surface area contributed by atoms with E-state index in [0.29, 0.717) is 11.4 Å². The first-order valence-electron chi connectivity index (χ1n) is 5.61. The average molecular weight is 278 g/mol. The van der Waals surface area contributed by atoms with Crippen molar-refractivity contribution < 1.29 is 9.53 Å². The molecule has 0 saturated carbocycles. The molecule has 0 N–H and O–H groups in total. The lowest BCUT2D eigenvalue weighted by Gasteiger charge is -2.14. The zero-order valence-corrected chi connectivity index (χ0v) is 11.3. The van der Waals surface area contributed by atoms with Gasteiger partial charge in [0.05, 0.1) is 18.4 Å². The molecular weight excluding hydrogens is 266 g/mol. The highest BCUT2D eigenvalue weighted by Gasteiger charge is 2.12. The Morgan fingerprint density at radius 1 is 1.32 bits per heavy atom. The number of ether oxygens (including phenoxy) is 1. The Labute approximate surface area is 115 Å². The fourth-order valence-electron chi connectivity index (χ4n) is 1.87. The summed E-state index contributed by atoms with van der Waals surface area (Å²) in [7, 11) is 1.56. The molecule has 19 heavy (non-hydrogen) atoms. The lowest BCUT2D eigenvalue weighted by atomic mass is 10.2. The lowest BCUT2D eigenvalue weighted by molar-refractivity contribution is 0.108. The van der Waals surface area contributed by atoms with Crippen molar-refractivity contribution in [2.75, 3.05) is 7.11 Å². The van der Waals surface area contributed by atoms with E-state index in [1.807, 2.05) is 18.2 Å². The van der Waals surface area contributed by atoms with Gasteiger partial charge in [-0.15, -0.1) is 0 Å². The number of aromatic nitrogens is 1. The van der Waals surface area contributed by atoms with Crippen LogP contribution in [0.4, 0.5) is 0 Å². The Bertz CT molecular complexity index is 691. The van der Waals surface area contributed by atoms with Crippen molar-refractivity contribution in [3.8, 4) is 11.4 Å². The van der Waals surface area contributed by atoms with E-state index in [1.54, 1.807) is 24.7 Å². The Balaban J connectivity index is 2.72. The van der Waals surface area contributed by atoms with Gasteiger partial charge in [0.1, 0.15) is 5.75 Å². The number of methoxy groups -OCH3 is 1. The van der Waals surface area contributed by atoms with Crippen molar-refractivity contribution in [3.63, 3.8) is 0 Å². The third-order valence-corrected chi connectivity index (χ3v) is 3.00. The van der Waals surface area contributed by atoms with Gasteiger partial charge in [-0.25, -0.2) is 0 Å². The largest absolute Gasteiger partial charge is 0.495 e. The number of pyridine rings is 1. The first kappa shape index (κ1) is 13.4. The normalized spacial score (nSPS) is 10.3. The second-order valence-electron chi connectivity index (χ2n) is 4.01. The molecule has 0 unspecified atom stereocenters. The van der Waals surface area contributed by atoms with Crippen LogP contribution in [0, 0.1) is 6.92 Å². The molecule has 0 aliphatic carbocycles. The molecule has 2 aromatic rings. The Morgan fingerprint density at radius 2 is 2.00 bits per heavy atom. The van der Waals surface area contributed by atoms with Crippen LogP contribution in [0.5, 0.6) is 5.75 Å². The SMILES string of the molecule is COc1ccccc1-n1cc(C(=O)Cl)c(=O)cc1C. The van der Waals surface area contributed by atoms with Crippen LogP contribution in [0.15, 0.2) is 41.3 Å². The van der Waals surface area contributed by atoms with Crippen LogP contribution >= 0.6 is 11.6 Å². The first-order chi connectivity index (χ1) is 9.04. The second-order valence-corrected chi connectivity index (χ2v) is 4.35. The Morgan fingerprint density at radius 3 is 2.63 bits per heavy atom. The number of para-hydroxylation sites is 2. The van der Waals surface area contributed by atoms with Crippen LogP contribution in [0.25, 0.3) is 5.69 Å². The van der Waals surface area contributed by atoms with Crippen LogP contribution in [-0.4, -0.2) is 16.9 Å². The molecule has 4 nitrogen and oxygen atoms in total. The molecule has 1 aromatic heterocycles. The van der Waals surface area contributed by atoms with E-state index in [2.05, 4.69) is 0 Å². The fraction of sp³-hybridized carbons (Fsp3) is 0.143. The molecule has 98 valence electrons. The molecule has 0 saturated heterocycles. The van der Waals surface area contributed by atoms with Crippen LogP contribution in [0.1, 0.15) is 16.1 Å². The van der Waals surface area contributed by atoms with Crippen LogP contribution in [0.3, 0.4) is 0 Å². The van der Waals surface area contributed by atoms with Crippen LogP contribution in [-0.2, 0) is 0 Å². The summed E-state index contributed by atoms with van der Waals surface area (Å²) in [4.78, 5) is 22.9. The molecule has 0 bridgehead atoms. The third kappa shape index (κ3) is 2.53. The predicted octanol–water partition coefficient (Wildman–Crippen LogP) is 2.53. The van der Waals surface area contributed by atoms with E-state index < -0.39 is 5.24 Å². The van der Waals surface area contributed by atoms with Gasteiger partial charge in [0, 0.05) is 18.0 Å². The number of hydrogen-bond acceptors (Lipinski definition) is 3. The maximum atomic E-state index is 11.7. The summed E-state index contributed by atoms with van der Waals surface area (Å²) in [6, 6.07) is 8.70. The number of halogens is 1. The van der Waals surface area contributed by atoms with Crippen molar-refractivity contribution in [2.45, 2.75) is 6.92 Å². The van der Waals surface area contributed by atoms with Crippen molar-refractivity contribution in [3.05, 3.63) is 58.0 Å². The molecule has 2 rings (SSSR count). The van der Waals surface area contributed by atoms with E-state index in [9.17, 15) is 9.59 Å². The lowest BCUT2D eigenvalue weighted by Crippen LogP contribution is -2.16. The van der Waals surface area contributed by atoms with E-state index in [1.165, 1.54) is 12.3 Å². The molecule has 0 fully saturated rings. The van der Waals surface area contributed by atoms with Gasteiger partial charge in [-0.1, -0.05) is 12.1 Å². The van der Waals surface area contributed by atoms with Crippen molar-refractivity contribution in [1.29, 1.82) is 0 Å². The van der Waals surface area contributed by atoms with E-state index in [-0.39, 0.29) is 11.0 Å². The van der Waals surface area contributed by atoms with E-state index in [0.717, 1.165) is 5.69 Å². The topological polar surface area (TPSA) is 48.3 Å². The molecule has 0 aliphatic heterocycles. The maximum absolute atomic E-state index is 11.7. The number of hydrogen-bond donors (Lipinski definition) is 0. The summed E-state index contributed by atoms with van der Waals surface area (Å²) >= 11 is 5.41. The number of carbonyl (C=O) groups excluding carboxylic acids is 1. The summed E-state index contributed by atoms with van der Waals surface area (Å²) < 4.78 is 6.97. The van der Waals surface area contributed by atoms with Crippen molar-refractivity contribution in [2.24, 2.45) is 0 Å². The molecule has 1 aromatic carbocycles. The number of benzene rings is 1. The van der Waals surface area contributed by atoms with Crippen LogP contribution in [0.2, 0.25) is 0 Å². The summed E-state index contributed by atoms with van der Waals surface area (Å²) in [6.07, 6.45) is 1.44. The van der Waals surface area contributed by atoms with Crippen molar-refractivity contribution >= 4 is 16.8 Å². The van der Waals surface area contributed by atoms with Gasteiger partial charge < -0.3 is 9.30 Å². The zero-order chi connectivity index (χ0) is 14.0. The van der Waals surface area contributed by atoms with Gasteiger partial charge >= 0.3 is 0 Å². The van der Waals surface area contributed by atoms with Crippen molar-refractivity contribution in [1.82, 2.24) is 4.57 Å². The number of aryl methyl sites for hydroxylation is 1. The summed E-state index contributed by atoms with van der Waals surface area (Å²) in [5.74, 6) is 0.641. The number of nitrogens with zero attached hydrogens (tertiary/aromatic N) is 1. The molecule has 0 spiro atoms. The minimum atomic E-state index is -0.770. The minimum Gasteiger partial charge on any atom is -0.495 e. The Hall–Kier alpha value is -2.07. The highest BCUT2D eigenvalue weighted by molar-refractivity contribution is 6.67. The average Bonchev–Trinajstić information content (AvgIpc) is 2.38. The zero-order valence-electron chi connectivity index (χ0n) is 10.5. The molecule has 0 aliphatic rings. The molecule has 0 atom stereocenters. The standard InChI is InChI=1S/C14H12ClNO3/c1-9-7-12(17)10(14(15)18)8-16(9)11-5-3-4-6-13(11)19-2/h3-8H,1-2H3.